The van der Waals surface area contributed by atoms with Gasteiger partial charge in [-0.15, -0.1) is 0 Å². The second-order valence-corrected chi connectivity index (χ2v) is 4.19. The Balaban J connectivity index is 2.27. The molecule has 0 N–H and O–H groups in total. The van der Waals surface area contributed by atoms with Crippen LogP contribution in [-0.4, -0.2) is 31.3 Å². The molecule has 13 heavy (non-hydrogen) atoms. The fourth-order valence-electron chi connectivity index (χ4n) is 1.97. The summed E-state index contributed by atoms with van der Waals surface area (Å²) in [5, 5.41) is 0. The normalized spacial score (nSPS) is 24.1. The monoisotopic (exact) mass is 183 g/mol. The number of hydrogen-bond acceptors (Lipinski definition) is 2. The summed E-state index contributed by atoms with van der Waals surface area (Å²) < 4.78 is 0. The lowest BCUT2D eigenvalue weighted by molar-refractivity contribution is -0.111. The largest absolute Gasteiger partial charge is 0.306 e. The third-order valence-corrected chi connectivity index (χ3v) is 2.92. The molecule has 76 valence electrons. The van der Waals surface area contributed by atoms with Crippen molar-refractivity contribution in [2.75, 3.05) is 20.1 Å². The van der Waals surface area contributed by atoms with Gasteiger partial charge in [-0.05, 0) is 45.8 Å². The molecule has 1 saturated heterocycles. The fourth-order valence-corrected chi connectivity index (χ4v) is 1.97. The summed E-state index contributed by atoms with van der Waals surface area (Å²) in [4.78, 5) is 13.1. The lowest BCUT2D eigenvalue weighted by Gasteiger charge is -2.19. The molecule has 0 bridgehead atoms. The van der Waals surface area contributed by atoms with Crippen molar-refractivity contribution in [1.29, 1.82) is 0 Å². The number of carbonyl (C=O) groups excluding carboxylic acids is 1. The number of hydrogen-bond donors (Lipinski definition) is 0. The number of aldehydes is 1. The third kappa shape index (κ3) is 4.41. The Kier molecular flexibility index (Phi) is 5.06. The van der Waals surface area contributed by atoms with Gasteiger partial charge in [-0.3, -0.25) is 0 Å². The molecule has 0 saturated carbocycles. The van der Waals surface area contributed by atoms with Crippen LogP contribution in [0.2, 0.25) is 0 Å². The minimum absolute atomic E-state index is 0.350. The lowest BCUT2D eigenvalue weighted by Crippen LogP contribution is -2.22. The van der Waals surface area contributed by atoms with Crippen LogP contribution < -0.4 is 0 Å². The standard InChI is InChI=1S/C11H21NO/c1-12-8-4-2-6-11(10-13)7-3-5-9-12/h10-11H,2-9H2,1H3. The molecule has 0 spiro atoms. The first-order valence-corrected chi connectivity index (χ1v) is 5.47. The maximum atomic E-state index is 10.7. The second kappa shape index (κ2) is 6.14. The van der Waals surface area contributed by atoms with Crippen molar-refractivity contribution >= 4 is 6.29 Å². The average Bonchev–Trinajstić information content (AvgIpc) is 2.16. The molecule has 1 rings (SSSR count). The average molecular weight is 183 g/mol. The van der Waals surface area contributed by atoms with E-state index in [1.165, 1.54) is 38.8 Å². The van der Waals surface area contributed by atoms with Crippen LogP contribution in [0, 0.1) is 5.92 Å². The van der Waals surface area contributed by atoms with Gasteiger partial charge in [0.15, 0.2) is 0 Å². The van der Waals surface area contributed by atoms with E-state index in [-0.39, 0.29) is 0 Å². The van der Waals surface area contributed by atoms with E-state index in [2.05, 4.69) is 11.9 Å². The first kappa shape index (κ1) is 10.7. The van der Waals surface area contributed by atoms with Crippen molar-refractivity contribution < 1.29 is 4.79 Å². The Hall–Kier alpha value is -0.370. The van der Waals surface area contributed by atoms with Crippen LogP contribution in [-0.2, 0) is 4.79 Å². The van der Waals surface area contributed by atoms with Gasteiger partial charge in [-0.2, -0.15) is 0 Å². The third-order valence-electron chi connectivity index (χ3n) is 2.92. The molecule has 0 radical (unpaired) electrons. The van der Waals surface area contributed by atoms with Crippen molar-refractivity contribution in [3.8, 4) is 0 Å². The molecule has 0 aliphatic carbocycles. The van der Waals surface area contributed by atoms with Crippen LogP contribution in [0.15, 0.2) is 0 Å². The van der Waals surface area contributed by atoms with Gasteiger partial charge in [-0.25, -0.2) is 0 Å². The van der Waals surface area contributed by atoms with E-state index in [1.807, 2.05) is 0 Å². The predicted octanol–water partition coefficient (Wildman–Crippen LogP) is 2.09. The topological polar surface area (TPSA) is 20.3 Å². The first-order valence-electron chi connectivity index (χ1n) is 5.47. The molecule has 2 nitrogen and oxygen atoms in total. The molecular formula is C11H21NO. The molecule has 0 unspecified atom stereocenters. The van der Waals surface area contributed by atoms with Gasteiger partial charge in [0.05, 0.1) is 0 Å². The maximum Gasteiger partial charge on any atom is 0.123 e. The molecule has 1 heterocycles. The van der Waals surface area contributed by atoms with Gasteiger partial charge in [0.2, 0.25) is 0 Å². The van der Waals surface area contributed by atoms with Crippen molar-refractivity contribution in [3.05, 3.63) is 0 Å². The van der Waals surface area contributed by atoms with Crippen LogP contribution in [0.4, 0.5) is 0 Å². The van der Waals surface area contributed by atoms with Gasteiger partial charge >= 0.3 is 0 Å². The fraction of sp³-hybridized carbons (Fsp3) is 0.909. The van der Waals surface area contributed by atoms with E-state index in [1.54, 1.807) is 0 Å². The van der Waals surface area contributed by atoms with Gasteiger partial charge in [0.25, 0.3) is 0 Å². The highest BCUT2D eigenvalue weighted by atomic mass is 16.1. The van der Waals surface area contributed by atoms with Gasteiger partial charge in [-0.1, -0.05) is 12.8 Å². The van der Waals surface area contributed by atoms with E-state index in [4.69, 9.17) is 0 Å². The zero-order valence-electron chi connectivity index (χ0n) is 8.67. The molecule has 1 aliphatic rings. The number of nitrogens with zero attached hydrogens (tertiary/aromatic N) is 1. The molecular weight excluding hydrogens is 162 g/mol. The zero-order chi connectivity index (χ0) is 9.52. The summed E-state index contributed by atoms with van der Waals surface area (Å²) in [6.07, 6.45) is 8.31. The second-order valence-electron chi connectivity index (χ2n) is 4.19. The van der Waals surface area contributed by atoms with Crippen molar-refractivity contribution in [3.63, 3.8) is 0 Å². The molecule has 0 amide bonds. The number of rotatable bonds is 1. The predicted molar refractivity (Wildman–Crippen MR) is 54.8 cm³/mol. The molecule has 2 heteroatoms. The minimum atomic E-state index is 0.350. The van der Waals surface area contributed by atoms with E-state index in [0.717, 1.165) is 19.1 Å². The zero-order valence-corrected chi connectivity index (χ0v) is 8.67. The molecule has 1 aliphatic heterocycles. The molecule has 0 aromatic heterocycles. The summed E-state index contributed by atoms with van der Waals surface area (Å²) in [6.45, 7) is 2.40. The van der Waals surface area contributed by atoms with Crippen LogP contribution in [0.1, 0.15) is 38.5 Å². The summed E-state index contributed by atoms with van der Waals surface area (Å²) in [5.74, 6) is 0.350. The highest BCUT2D eigenvalue weighted by molar-refractivity contribution is 5.53. The Morgan fingerprint density at radius 2 is 1.62 bits per heavy atom. The summed E-state index contributed by atoms with van der Waals surface area (Å²) in [5.41, 5.74) is 0. The van der Waals surface area contributed by atoms with Gasteiger partial charge in [0.1, 0.15) is 6.29 Å². The lowest BCUT2D eigenvalue weighted by atomic mass is 9.96. The highest BCUT2D eigenvalue weighted by Crippen LogP contribution is 2.15. The van der Waals surface area contributed by atoms with E-state index >= 15 is 0 Å². The Morgan fingerprint density at radius 3 is 2.08 bits per heavy atom. The first-order chi connectivity index (χ1) is 6.33. The van der Waals surface area contributed by atoms with Crippen LogP contribution in [0.5, 0.6) is 0 Å². The smallest absolute Gasteiger partial charge is 0.123 e. The minimum Gasteiger partial charge on any atom is -0.306 e. The van der Waals surface area contributed by atoms with Crippen molar-refractivity contribution in [2.45, 2.75) is 38.5 Å². The molecule has 0 aromatic rings. The quantitative estimate of drug-likeness (QED) is 0.580. The Bertz CT molecular complexity index is 135. The molecule has 0 atom stereocenters. The Morgan fingerprint density at radius 1 is 1.08 bits per heavy atom. The van der Waals surface area contributed by atoms with E-state index < -0.39 is 0 Å². The van der Waals surface area contributed by atoms with Gasteiger partial charge in [0, 0.05) is 5.92 Å². The highest BCUT2D eigenvalue weighted by Gasteiger charge is 2.09. The van der Waals surface area contributed by atoms with Crippen LogP contribution >= 0.6 is 0 Å². The van der Waals surface area contributed by atoms with Crippen LogP contribution in [0.3, 0.4) is 0 Å². The van der Waals surface area contributed by atoms with E-state index in [0.29, 0.717) is 5.92 Å². The summed E-state index contributed by atoms with van der Waals surface area (Å²) >= 11 is 0. The van der Waals surface area contributed by atoms with Gasteiger partial charge < -0.3 is 9.69 Å². The molecule has 1 fully saturated rings. The van der Waals surface area contributed by atoms with Crippen molar-refractivity contribution in [2.24, 2.45) is 5.92 Å². The Labute approximate surface area is 81.3 Å². The summed E-state index contributed by atoms with van der Waals surface area (Å²) in [6, 6.07) is 0. The SMILES string of the molecule is CN1CCCCC(C=O)CCCC1. The van der Waals surface area contributed by atoms with Crippen LogP contribution in [0.25, 0.3) is 0 Å². The number of carbonyl (C=O) groups is 1. The van der Waals surface area contributed by atoms with E-state index in [9.17, 15) is 4.79 Å². The molecule has 0 aromatic carbocycles. The maximum absolute atomic E-state index is 10.7. The summed E-state index contributed by atoms with van der Waals surface area (Å²) in [7, 11) is 2.19. The van der Waals surface area contributed by atoms with Crippen molar-refractivity contribution in [1.82, 2.24) is 4.90 Å².